The number of hydrogen-bond donors (Lipinski definition) is 0. The fraction of sp³-hybridized carbons (Fsp3) is 0.333. The summed E-state index contributed by atoms with van der Waals surface area (Å²) in [5, 5.41) is 0. The number of carbonyl (C=O) groups is 2. The Morgan fingerprint density at radius 1 is 1.29 bits per heavy atom. The van der Waals surface area contributed by atoms with E-state index in [9.17, 15) is 14.0 Å². The molecule has 1 heterocycles. The Balaban J connectivity index is 2.67. The first kappa shape index (κ1) is 15.0. The third kappa shape index (κ3) is 2.37. The topological polar surface area (TPSA) is 49.9 Å². The minimum Gasteiger partial charge on any atom is -0.466 e. The summed E-state index contributed by atoms with van der Waals surface area (Å²) in [4.78, 5) is 27.0. The normalized spacial score (nSPS) is 19.1. The summed E-state index contributed by atoms with van der Waals surface area (Å²) >= 11 is 0. The summed E-state index contributed by atoms with van der Waals surface area (Å²) in [5.74, 6) is -1.05. The highest BCUT2D eigenvalue weighted by Crippen LogP contribution is 2.36. The lowest BCUT2D eigenvalue weighted by molar-refractivity contribution is -0.137. The monoisotopic (exact) mass is 292 g/mol. The fourth-order valence-electron chi connectivity index (χ4n) is 2.49. The molecule has 1 aromatic rings. The highest BCUT2D eigenvalue weighted by Gasteiger charge is 2.39. The zero-order valence-corrected chi connectivity index (χ0v) is 12.4. The molecule has 0 aliphatic carbocycles. The van der Waals surface area contributed by atoms with Crippen molar-refractivity contribution in [1.29, 1.82) is 0 Å². The summed E-state index contributed by atoms with van der Waals surface area (Å²) < 4.78 is 18.9. The van der Waals surface area contributed by atoms with E-state index in [2.05, 4.69) is 0 Å². The molecule has 1 aromatic carbocycles. The van der Waals surface area contributed by atoms with Crippen LogP contribution in [0.5, 0.6) is 0 Å². The number of halogens is 1. The standard InChI is InChI=1S/C15H17FN2O3/c1-9-12(14(19)21-4)13(18(3)15(20)17(9)2)10-7-5-6-8-11(10)16/h5-8,13H,1-4H3/t13-/m0/s1. The Kier molecular flexibility index (Phi) is 3.97. The van der Waals surface area contributed by atoms with Crippen molar-refractivity contribution in [3.8, 4) is 0 Å². The first-order valence-electron chi connectivity index (χ1n) is 6.44. The zero-order valence-electron chi connectivity index (χ0n) is 12.4. The number of likely N-dealkylation sites (N-methyl/N-ethyl adjacent to an activating group) is 1. The molecular weight excluding hydrogens is 275 g/mol. The highest BCUT2D eigenvalue weighted by atomic mass is 19.1. The Labute approximate surface area is 122 Å². The van der Waals surface area contributed by atoms with Crippen molar-refractivity contribution in [3.05, 3.63) is 46.9 Å². The Morgan fingerprint density at radius 3 is 2.48 bits per heavy atom. The molecule has 2 rings (SSSR count). The van der Waals surface area contributed by atoms with Crippen LogP contribution in [0.25, 0.3) is 0 Å². The summed E-state index contributed by atoms with van der Waals surface area (Å²) in [5.41, 5.74) is 0.978. The van der Waals surface area contributed by atoms with Gasteiger partial charge in [0.2, 0.25) is 0 Å². The minimum atomic E-state index is -0.803. The Hall–Kier alpha value is -2.37. The molecule has 1 aliphatic rings. The van der Waals surface area contributed by atoms with E-state index in [0.717, 1.165) is 0 Å². The molecule has 0 N–H and O–H groups in total. The molecule has 1 atom stereocenters. The average molecular weight is 292 g/mol. The Morgan fingerprint density at radius 2 is 1.90 bits per heavy atom. The number of nitrogens with zero attached hydrogens (tertiary/aromatic N) is 2. The van der Waals surface area contributed by atoms with Gasteiger partial charge in [-0.3, -0.25) is 0 Å². The molecule has 0 unspecified atom stereocenters. The number of ether oxygens (including phenoxy) is 1. The molecule has 21 heavy (non-hydrogen) atoms. The van der Waals surface area contributed by atoms with Gasteiger partial charge in [0.1, 0.15) is 5.82 Å². The van der Waals surface area contributed by atoms with Gasteiger partial charge in [0.05, 0.1) is 18.7 Å². The lowest BCUT2D eigenvalue weighted by Gasteiger charge is -2.39. The molecule has 6 heteroatoms. The van der Waals surface area contributed by atoms with E-state index in [0.29, 0.717) is 5.70 Å². The van der Waals surface area contributed by atoms with E-state index in [1.54, 1.807) is 32.2 Å². The first-order chi connectivity index (χ1) is 9.90. The second kappa shape index (κ2) is 5.55. The number of amides is 2. The van der Waals surface area contributed by atoms with E-state index >= 15 is 0 Å². The van der Waals surface area contributed by atoms with Crippen molar-refractivity contribution in [2.75, 3.05) is 21.2 Å². The van der Waals surface area contributed by atoms with E-state index in [1.807, 2.05) is 0 Å². The van der Waals surface area contributed by atoms with Gasteiger partial charge in [0.15, 0.2) is 0 Å². The number of carbonyl (C=O) groups excluding carboxylic acids is 2. The molecule has 0 fully saturated rings. The average Bonchev–Trinajstić information content (AvgIpc) is 2.49. The van der Waals surface area contributed by atoms with Crippen LogP contribution in [0.15, 0.2) is 35.5 Å². The van der Waals surface area contributed by atoms with E-state index < -0.39 is 17.8 Å². The smallest absolute Gasteiger partial charge is 0.337 e. The first-order valence-corrected chi connectivity index (χ1v) is 6.44. The SMILES string of the molecule is COC(=O)C1=C(C)N(C)C(=O)N(C)[C@H]1c1ccccc1F. The van der Waals surface area contributed by atoms with Crippen LogP contribution in [0, 0.1) is 5.82 Å². The minimum absolute atomic E-state index is 0.257. The van der Waals surface area contributed by atoms with Crippen LogP contribution in [-0.4, -0.2) is 43.0 Å². The van der Waals surface area contributed by atoms with Gasteiger partial charge in [-0.25, -0.2) is 14.0 Å². The number of allylic oxidation sites excluding steroid dienone is 1. The van der Waals surface area contributed by atoms with Gasteiger partial charge in [0.25, 0.3) is 0 Å². The predicted octanol–water partition coefficient (Wildman–Crippen LogP) is 2.31. The van der Waals surface area contributed by atoms with Gasteiger partial charge < -0.3 is 14.5 Å². The largest absolute Gasteiger partial charge is 0.466 e. The number of methoxy groups -OCH3 is 1. The van der Waals surface area contributed by atoms with E-state index in [1.165, 1.54) is 30.0 Å². The van der Waals surface area contributed by atoms with Crippen molar-refractivity contribution in [1.82, 2.24) is 9.80 Å². The van der Waals surface area contributed by atoms with Gasteiger partial charge in [-0.2, -0.15) is 0 Å². The second-order valence-electron chi connectivity index (χ2n) is 4.87. The van der Waals surface area contributed by atoms with Crippen LogP contribution in [-0.2, 0) is 9.53 Å². The highest BCUT2D eigenvalue weighted by molar-refractivity contribution is 5.94. The zero-order chi connectivity index (χ0) is 15.7. The molecule has 0 bridgehead atoms. The third-order valence-corrected chi connectivity index (χ3v) is 3.75. The van der Waals surface area contributed by atoms with Gasteiger partial charge in [-0.1, -0.05) is 18.2 Å². The van der Waals surface area contributed by atoms with Crippen molar-refractivity contribution >= 4 is 12.0 Å². The van der Waals surface area contributed by atoms with Crippen molar-refractivity contribution in [3.63, 3.8) is 0 Å². The van der Waals surface area contributed by atoms with Crippen molar-refractivity contribution < 1.29 is 18.7 Å². The maximum absolute atomic E-state index is 14.1. The molecule has 0 aromatic heterocycles. The van der Waals surface area contributed by atoms with Crippen molar-refractivity contribution in [2.45, 2.75) is 13.0 Å². The molecule has 0 radical (unpaired) electrons. The maximum atomic E-state index is 14.1. The van der Waals surface area contributed by atoms with Crippen LogP contribution < -0.4 is 0 Å². The molecule has 0 spiro atoms. The number of hydrogen-bond acceptors (Lipinski definition) is 3. The van der Waals surface area contributed by atoms with E-state index in [-0.39, 0.29) is 17.2 Å². The quantitative estimate of drug-likeness (QED) is 0.786. The van der Waals surface area contributed by atoms with E-state index in [4.69, 9.17) is 4.74 Å². The summed E-state index contributed by atoms with van der Waals surface area (Å²) in [7, 11) is 4.36. The number of benzene rings is 1. The van der Waals surface area contributed by atoms with Crippen molar-refractivity contribution in [2.24, 2.45) is 0 Å². The summed E-state index contributed by atoms with van der Waals surface area (Å²) in [6, 6.07) is 4.97. The van der Waals surface area contributed by atoms with Gasteiger partial charge in [-0.15, -0.1) is 0 Å². The molecule has 0 saturated carbocycles. The predicted molar refractivity (Wildman–Crippen MR) is 74.8 cm³/mol. The van der Waals surface area contributed by atoms with Gasteiger partial charge in [-0.05, 0) is 13.0 Å². The molecule has 112 valence electrons. The second-order valence-corrected chi connectivity index (χ2v) is 4.87. The summed E-state index contributed by atoms with van der Waals surface area (Å²) in [6.45, 7) is 1.64. The van der Waals surface area contributed by atoms with Gasteiger partial charge in [0, 0.05) is 25.4 Å². The lowest BCUT2D eigenvalue weighted by atomic mass is 9.93. The van der Waals surface area contributed by atoms with Crippen LogP contribution in [0.4, 0.5) is 9.18 Å². The van der Waals surface area contributed by atoms with Crippen LogP contribution in [0.2, 0.25) is 0 Å². The van der Waals surface area contributed by atoms with Crippen LogP contribution in [0.1, 0.15) is 18.5 Å². The fourth-order valence-corrected chi connectivity index (χ4v) is 2.49. The molecule has 5 nitrogen and oxygen atoms in total. The lowest BCUT2D eigenvalue weighted by Crippen LogP contribution is -2.47. The summed E-state index contributed by atoms with van der Waals surface area (Å²) in [6.07, 6.45) is 0. The third-order valence-electron chi connectivity index (χ3n) is 3.75. The number of esters is 1. The molecule has 0 saturated heterocycles. The molecule has 1 aliphatic heterocycles. The molecule has 2 amide bonds. The molecular formula is C15H17FN2O3. The Bertz CT molecular complexity index is 627. The van der Waals surface area contributed by atoms with Crippen LogP contribution in [0.3, 0.4) is 0 Å². The van der Waals surface area contributed by atoms with Gasteiger partial charge >= 0.3 is 12.0 Å². The number of rotatable bonds is 2. The number of urea groups is 1. The maximum Gasteiger partial charge on any atom is 0.337 e. The van der Waals surface area contributed by atoms with Crippen LogP contribution >= 0.6 is 0 Å².